The van der Waals surface area contributed by atoms with Crippen molar-refractivity contribution in [3.05, 3.63) is 315 Å². The Labute approximate surface area is 506 Å². The van der Waals surface area contributed by atoms with Gasteiger partial charge in [0.15, 0.2) is 0 Å². The Balaban J connectivity index is 0.856. The fraction of sp³-hybridized carbons (Fsp3) is 0. The quantitative estimate of drug-likeness (QED) is 0.137. The zero-order chi connectivity index (χ0) is 57.8. The van der Waals surface area contributed by atoms with Crippen LogP contribution >= 0.6 is 0 Å². The third-order valence-corrected chi connectivity index (χ3v) is 17.8. The van der Waals surface area contributed by atoms with Crippen molar-refractivity contribution in [3.8, 4) is 33.6 Å². The summed E-state index contributed by atoms with van der Waals surface area (Å²) in [5, 5.41) is 11.5. The number of anilines is 6. The lowest BCUT2D eigenvalue weighted by molar-refractivity contribution is 0.668. The Hall–Kier alpha value is -11.9. The lowest BCUT2D eigenvalue weighted by atomic mass is 9.99. The molecule has 4 aromatic heterocycles. The number of aromatic nitrogens is 2. The van der Waals surface area contributed by atoms with Crippen LogP contribution in [-0.4, -0.2) is 9.13 Å². The average molecular weight is 1130 g/mol. The fourth-order valence-corrected chi connectivity index (χ4v) is 13.9. The highest BCUT2D eigenvalue weighted by Crippen LogP contribution is 2.48. The molecule has 0 aliphatic carbocycles. The van der Waals surface area contributed by atoms with Crippen molar-refractivity contribution >= 4 is 132 Å². The van der Waals surface area contributed by atoms with Crippen molar-refractivity contribution in [1.29, 1.82) is 0 Å². The largest absolute Gasteiger partial charge is 0.456 e. The molecule has 0 saturated carbocycles. The van der Waals surface area contributed by atoms with Gasteiger partial charge in [0.2, 0.25) is 0 Å². The molecule has 6 nitrogen and oxygen atoms in total. The second-order valence-corrected chi connectivity index (χ2v) is 22.8. The van der Waals surface area contributed by atoms with Crippen molar-refractivity contribution in [2.24, 2.45) is 0 Å². The van der Waals surface area contributed by atoms with Crippen molar-refractivity contribution in [1.82, 2.24) is 9.13 Å². The molecule has 88 heavy (non-hydrogen) atoms. The minimum absolute atomic E-state index is 0.844. The van der Waals surface area contributed by atoms with Gasteiger partial charge >= 0.3 is 0 Å². The summed E-state index contributed by atoms with van der Waals surface area (Å²) in [5.41, 5.74) is 20.8. The first-order valence-electron chi connectivity index (χ1n) is 30.0. The number of hydrogen-bond acceptors (Lipinski definition) is 4. The standard InChI is InChI=1S/C82H52N4O2/c1-5-19-53(20-6-1)55-23-17-29-59(47-55)83(63-35-39-67-65-31-13-15-33-77(65)87-79(67)51-63)61-37-41-71-75(49-61)85(57-25-9-3-10-26-57)73-45-43-70-69(81(71)73)44-46-74-82(70)72-42-38-62(50-76(72)86(74)58-27-11-4-12-28-58)84(60-30-18-24-56(48-60)54-21-7-2-8-22-54)64-36-40-68-66-32-14-16-34-78(66)88-80(68)52-64/h1-52H. The van der Waals surface area contributed by atoms with Crippen LogP contribution in [0.4, 0.5) is 34.1 Å². The zero-order valence-corrected chi connectivity index (χ0v) is 47.6. The lowest BCUT2D eigenvalue weighted by Crippen LogP contribution is -2.10. The molecule has 0 aliphatic rings. The predicted octanol–water partition coefficient (Wildman–Crippen LogP) is 23.1. The normalized spacial score (nSPS) is 11.9. The first kappa shape index (κ1) is 49.6. The molecule has 0 amide bonds. The second kappa shape index (κ2) is 19.9. The summed E-state index contributed by atoms with van der Waals surface area (Å²) in [4.78, 5) is 4.75. The van der Waals surface area contributed by atoms with Crippen LogP contribution < -0.4 is 9.80 Å². The fourth-order valence-electron chi connectivity index (χ4n) is 13.9. The number of rotatable bonds is 10. The molecule has 0 N–H and O–H groups in total. The Morgan fingerprint density at radius 3 is 0.966 bits per heavy atom. The van der Waals surface area contributed by atoms with E-state index in [0.717, 1.165) is 134 Å². The Bertz CT molecular complexity index is 5400. The molecular weight excluding hydrogens is 1070 g/mol. The van der Waals surface area contributed by atoms with E-state index < -0.39 is 0 Å². The summed E-state index contributed by atoms with van der Waals surface area (Å²) in [5.74, 6) is 0. The summed E-state index contributed by atoms with van der Waals surface area (Å²) < 4.78 is 18.0. The van der Waals surface area contributed by atoms with Crippen LogP contribution in [-0.2, 0) is 0 Å². The molecule has 0 radical (unpaired) electrons. The SMILES string of the molecule is c1ccc(-c2cccc(N(c3ccc4c(c3)oc3ccccc34)c3ccc4c5c6ccc7c(c6ccc5n(-c5ccccc5)c4c3)c3ccc(N(c4cccc(-c5ccccc5)c4)c4ccc5c(c4)oc4ccccc45)cc3n7-c3ccccc3)c2)cc1. The van der Waals surface area contributed by atoms with Gasteiger partial charge in [-0.1, -0.05) is 182 Å². The third-order valence-electron chi connectivity index (χ3n) is 17.8. The van der Waals surface area contributed by atoms with Crippen LogP contribution in [0.5, 0.6) is 0 Å². The number of para-hydroxylation sites is 4. The first-order chi connectivity index (χ1) is 43.6. The molecule has 18 rings (SSSR count). The Morgan fingerprint density at radius 2 is 0.534 bits per heavy atom. The van der Waals surface area contributed by atoms with E-state index in [-0.39, 0.29) is 0 Å². The topological polar surface area (TPSA) is 42.6 Å². The highest BCUT2D eigenvalue weighted by molar-refractivity contribution is 6.30. The number of hydrogen-bond donors (Lipinski definition) is 0. The van der Waals surface area contributed by atoms with Crippen LogP contribution in [0.15, 0.2) is 324 Å². The zero-order valence-electron chi connectivity index (χ0n) is 47.6. The minimum Gasteiger partial charge on any atom is -0.456 e. The van der Waals surface area contributed by atoms with Gasteiger partial charge in [0, 0.05) is 101 Å². The predicted molar refractivity (Wildman–Crippen MR) is 367 cm³/mol. The highest BCUT2D eigenvalue weighted by Gasteiger charge is 2.25. The van der Waals surface area contributed by atoms with E-state index in [9.17, 15) is 0 Å². The van der Waals surface area contributed by atoms with E-state index in [1.54, 1.807) is 0 Å². The molecule has 14 aromatic carbocycles. The summed E-state index contributed by atoms with van der Waals surface area (Å²) in [6.45, 7) is 0. The van der Waals surface area contributed by atoms with Crippen LogP contribution in [0.2, 0.25) is 0 Å². The molecule has 0 spiro atoms. The molecule has 412 valence electrons. The molecule has 0 atom stereocenters. The van der Waals surface area contributed by atoms with Crippen molar-refractivity contribution in [2.75, 3.05) is 9.80 Å². The third kappa shape index (κ3) is 7.89. The highest BCUT2D eigenvalue weighted by atomic mass is 16.3. The summed E-state index contributed by atoms with van der Waals surface area (Å²) in [7, 11) is 0. The maximum absolute atomic E-state index is 6.57. The van der Waals surface area contributed by atoms with Crippen LogP contribution in [0, 0.1) is 0 Å². The number of furan rings is 2. The second-order valence-electron chi connectivity index (χ2n) is 22.8. The van der Waals surface area contributed by atoms with Gasteiger partial charge in [-0.25, -0.2) is 0 Å². The smallest absolute Gasteiger partial charge is 0.137 e. The number of nitrogens with zero attached hydrogens (tertiary/aromatic N) is 4. The molecule has 0 unspecified atom stereocenters. The lowest BCUT2D eigenvalue weighted by Gasteiger charge is -2.26. The molecule has 0 saturated heterocycles. The number of fused-ring (bicyclic) bond motifs is 15. The van der Waals surface area contributed by atoms with Gasteiger partial charge in [0.1, 0.15) is 22.3 Å². The molecule has 6 heteroatoms. The van der Waals surface area contributed by atoms with Gasteiger partial charge in [-0.15, -0.1) is 0 Å². The van der Waals surface area contributed by atoms with Gasteiger partial charge in [-0.3, -0.25) is 0 Å². The van der Waals surface area contributed by atoms with Gasteiger partial charge in [-0.05, 0) is 154 Å². The maximum Gasteiger partial charge on any atom is 0.137 e. The summed E-state index contributed by atoms with van der Waals surface area (Å²) in [6, 6.07) is 114. The average Bonchev–Trinajstić information content (AvgIpc) is 1.73. The van der Waals surface area contributed by atoms with Gasteiger partial charge in [0.05, 0.1) is 22.1 Å². The molecule has 18 aromatic rings. The molecule has 4 heterocycles. The van der Waals surface area contributed by atoms with Gasteiger partial charge in [0.25, 0.3) is 0 Å². The van der Waals surface area contributed by atoms with Crippen molar-refractivity contribution < 1.29 is 8.83 Å². The van der Waals surface area contributed by atoms with Crippen LogP contribution in [0.1, 0.15) is 0 Å². The monoisotopic (exact) mass is 1120 g/mol. The minimum atomic E-state index is 0.844. The van der Waals surface area contributed by atoms with E-state index in [4.69, 9.17) is 8.83 Å². The van der Waals surface area contributed by atoms with E-state index in [1.165, 1.54) is 32.3 Å². The molecule has 0 fully saturated rings. The van der Waals surface area contributed by atoms with Crippen molar-refractivity contribution in [2.45, 2.75) is 0 Å². The van der Waals surface area contributed by atoms with Gasteiger partial charge in [-0.2, -0.15) is 0 Å². The molecular formula is C82H52N4O2. The van der Waals surface area contributed by atoms with E-state index in [0.29, 0.717) is 0 Å². The van der Waals surface area contributed by atoms with Crippen LogP contribution in [0.3, 0.4) is 0 Å². The maximum atomic E-state index is 6.57. The van der Waals surface area contributed by atoms with Crippen LogP contribution in [0.25, 0.3) is 132 Å². The summed E-state index contributed by atoms with van der Waals surface area (Å²) >= 11 is 0. The van der Waals surface area contributed by atoms with E-state index >= 15 is 0 Å². The first-order valence-corrected chi connectivity index (χ1v) is 30.0. The molecule has 0 aliphatic heterocycles. The molecule has 0 bridgehead atoms. The van der Waals surface area contributed by atoms with E-state index in [1.807, 2.05) is 24.3 Å². The Kier molecular flexibility index (Phi) is 11.2. The van der Waals surface area contributed by atoms with Gasteiger partial charge < -0.3 is 27.8 Å². The van der Waals surface area contributed by atoms with E-state index in [2.05, 4.69) is 310 Å². The number of benzene rings is 14. The summed E-state index contributed by atoms with van der Waals surface area (Å²) in [6.07, 6.45) is 0. The van der Waals surface area contributed by atoms with Crippen molar-refractivity contribution in [3.63, 3.8) is 0 Å². The Morgan fingerprint density at radius 1 is 0.205 bits per heavy atom.